The quantitative estimate of drug-likeness (QED) is 0.592. The van der Waals surface area contributed by atoms with Crippen molar-refractivity contribution < 1.29 is 9.47 Å². The average molecular weight is 344 g/mol. The summed E-state index contributed by atoms with van der Waals surface area (Å²) in [6.45, 7) is 0. The first-order valence-electron chi connectivity index (χ1n) is 7.61. The van der Waals surface area contributed by atoms with Gasteiger partial charge in [0, 0.05) is 12.4 Å². The second kappa shape index (κ2) is 9.41. The van der Waals surface area contributed by atoms with Crippen molar-refractivity contribution in [2.24, 2.45) is 9.98 Å². The van der Waals surface area contributed by atoms with Crippen molar-refractivity contribution in [1.29, 1.82) is 10.5 Å². The first kappa shape index (κ1) is 18.4. The number of ether oxygens (including phenoxy) is 2. The van der Waals surface area contributed by atoms with Crippen LogP contribution >= 0.6 is 0 Å². The number of nitriles is 2. The van der Waals surface area contributed by atoms with Crippen molar-refractivity contribution >= 4 is 12.4 Å². The van der Waals surface area contributed by atoms with E-state index in [-0.39, 0.29) is 11.4 Å². The number of nitrogens with zero attached hydrogens (tertiary/aromatic N) is 4. The topological polar surface area (TPSA) is 90.8 Å². The summed E-state index contributed by atoms with van der Waals surface area (Å²) in [6, 6.07) is 18.1. The van der Waals surface area contributed by atoms with Gasteiger partial charge in [-0.3, -0.25) is 0 Å². The highest BCUT2D eigenvalue weighted by Gasteiger charge is 2.03. The molecule has 2 aromatic carbocycles. The highest BCUT2D eigenvalue weighted by molar-refractivity contribution is 5.82. The second-order valence-corrected chi connectivity index (χ2v) is 4.98. The summed E-state index contributed by atoms with van der Waals surface area (Å²) in [4.78, 5) is 8.15. The van der Waals surface area contributed by atoms with Crippen molar-refractivity contribution in [3.05, 3.63) is 71.1 Å². The molecule has 0 N–H and O–H groups in total. The molecule has 2 rings (SSSR count). The highest BCUT2D eigenvalue weighted by Crippen LogP contribution is 2.13. The zero-order valence-electron chi connectivity index (χ0n) is 14.4. The standard InChI is InChI=1S/C20H16N4O2/c1-25-17-7-3-15(4-8-17)13-23-19(11-21)20(12-22)24-14-16-5-9-18(26-2)10-6-16/h3-10,13-14H,1-2H3/b20-19+,23-13?,24-14?. The minimum atomic E-state index is -0.0620. The Morgan fingerprint density at radius 3 is 1.35 bits per heavy atom. The molecular weight excluding hydrogens is 328 g/mol. The van der Waals surface area contributed by atoms with E-state index in [0.717, 1.165) is 22.6 Å². The van der Waals surface area contributed by atoms with Crippen LogP contribution in [0.5, 0.6) is 11.5 Å². The molecule has 0 radical (unpaired) electrons. The van der Waals surface area contributed by atoms with Gasteiger partial charge >= 0.3 is 0 Å². The normalized spacial score (nSPS) is 11.7. The summed E-state index contributed by atoms with van der Waals surface area (Å²) in [7, 11) is 3.17. The molecule has 0 fully saturated rings. The predicted octanol–water partition coefficient (Wildman–Crippen LogP) is 3.50. The van der Waals surface area contributed by atoms with Crippen LogP contribution < -0.4 is 9.47 Å². The van der Waals surface area contributed by atoms with E-state index >= 15 is 0 Å². The Labute approximate surface area is 152 Å². The first-order valence-corrected chi connectivity index (χ1v) is 7.61. The summed E-state index contributed by atoms with van der Waals surface area (Å²) in [5.74, 6) is 1.44. The van der Waals surface area contributed by atoms with E-state index in [2.05, 4.69) is 9.98 Å². The number of hydrogen-bond donors (Lipinski definition) is 0. The van der Waals surface area contributed by atoms with Gasteiger partial charge in [-0.25, -0.2) is 9.98 Å². The van der Waals surface area contributed by atoms with Gasteiger partial charge in [-0.1, -0.05) is 0 Å². The Bertz CT molecular complexity index is 835. The molecule has 6 nitrogen and oxygen atoms in total. The van der Waals surface area contributed by atoms with Gasteiger partial charge in [-0.05, 0) is 59.7 Å². The molecule has 6 heteroatoms. The second-order valence-electron chi connectivity index (χ2n) is 4.98. The number of aliphatic imine (C=N–C) groups is 2. The van der Waals surface area contributed by atoms with E-state index in [1.807, 2.05) is 12.1 Å². The molecule has 128 valence electrons. The SMILES string of the molecule is COc1ccc(C=N/C(C#N)=C(\C#N)N=Cc2ccc(OC)cc2)cc1. The number of rotatable bonds is 6. The lowest BCUT2D eigenvalue weighted by molar-refractivity contribution is 0.414. The maximum absolute atomic E-state index is 9.27. The third kappa shape index (κ3) is 5.05. The van der Waals surface area contributed by atoms with Crippen molar-refractivity contribution in [3.63, 3.8) is 0 Å². The summed E-state index contributed by atoms with van der Waals surface area (Å²) < 4.78 is 10.2. The van der Waals surface area contributed by atoms with E-state index in [1.165, 1.54) is 12.4 Å². The Balaban J connectivity index is 2.22. The van der Waals surface area contributed by atoms with Gasteiger partial charge < -0.3 is 9.47 Å². The van der Waals surface area contributed by atoms with Gasteiger partial charge in [0.05, 0.1) is 14.2 Å². The van der Waals surface area contributed by atoms with Crippen molar-refractivity contribution in [2.45, 2.75) is 0 Å². The van der Waals surface area contributed by atoms with Crippen LogP contribution in [0.1, 0.15) is 11.1 Å². The van der Waals surface area contributed by atoms with Gasteiger partial charge in [0.25, 0.3) is 0 Å². The number of hydrogen-bond acceptors (Lipinski definition) is 6. The third-order valence-corrected chi connectivity index (χ3v) is 3.35. The molecule has 0 aromatic heterocycles. The Kier molecular flexibility index (Phi) is 6.67. The van der Waals surface area contributed by atoms with Gasteiger partial charge in [0.1, 0.15) is 23.6 Å². The van der Waals surface area contributed by atoms with Crippen LogP contribution in [0.4, 0.5) is 0 Å². The average Bonchev–Trinajstić information content (AvgIpc) is 2.71. The van der Waals surface area contributed by atoms with Gasteiger partial charge in [-0.15, -0.1) is 0 Å². The van der Waals surface area contributed by atoms with Crippen molar-refractivity contribution in [3.8, 4) is 23.6 Å². The Morgan fingerprint density at radius 1 is 0.731 bits per heavy atom. The van der Waals surface area contributed by atoms with E-state index in [0.29, 0.717) is 0 Å². The first-order chi connectivity index (χ1) is 12.7. The molecule has 0 heterocycles. The molecule has 0 atom stereocenters. The molecule has 0 bridgehead atoms. The van der Waals surface area contributed by atoms with Crippen LogP contribution in [0.15, 0.2) is 69.9 Å². The minimum Gasteiger partial charge on any atom is -0.497 e. The van der Waals surface area contributed by atoms with Crippen LogP contribution in [-0.2, 0) is 0 Å². The fraction of sp³-hybridized carbons (Fsp3) is 0.100. The largest absolute Gasteiger partial charge is 0.497 e. The fourth-order valence-corrected chi connectivity index (χ4v) is 1.94. The van der Waals surface area contributed by atoms with Crippen LogP contribution in [0.2, 0.25) is 0 Å². The smallest absolute Gasteiger partial charge is 0.176 e. The van der Waals surface area contributed by atoms with Crippen LogP contribution in [0.25, 0.3) is 0 Å². The summed E-state index contributed by atoms with van der Waals surface area (Å²) in [5.41, 5.74) is 1.42. The maximum atomic E-state index is 9.27. The van der Waals surface area contributed by atoms with Gasteiger partial charge in [0.15, 0.2) is 11.4 Å². The predicted molar refractivity (Wildman–Crippen MR) is 99.4 cm³/mol. The maximum Gasteiger partial charge on any atom is 0.176 e. The minimum absolute atomic E-state index is 0.0620. The Morgan fingerprint density at radius 2 is 1.08 bits per heavy atom. The zero-order valence-corrected chi connectivity index (χ0v) is 14.4. The van der Waals surface area contributed by atoms with Gasteiger partial charge in [0.2, 0.25) is 0 Å². The molecular formula is C20H16N4O2. The van der Waals surface area contributed by atoms with E-state index in [1.54, 1.807) is 62.8 Å². The monoisotopic (exact) mass is 344 g/mol. The summed E-state index contributed by atoms with van der Waals surface area (Å²) in [6.07, 6.45) is 3.00. The molecule has 0 saturated heterocycles. The number of allylic oxidation sites excluding steroid dienone is 2. The molecule has 0 aliphatic heterocycles. The molecule has 0 aliphatic carbocycles. The summed E-state index contributed by atoms with van der Waals surface area (Å²) >= 11 is 0. The number of benzene rings is 2. The third-order valence-electron chi connectivity index (χ3n) is 3.35. The van der Waals surface area contributed by atoms with E-state index in [4.69, 9.17) is 9.47 Å². The Hall–Kier alpha value is -3.90. The molecule has 2 aromatic rings. The van der Waals surface area contributed by atoms with Crippen LogP contribution in [0, 0.1) is 22.7 Å². The number of methoxy groups -OCH3 is 2. The van der Waals surface area contributed by atoms with Crippen LogP contribution in [-0.4, -0.2) is 26.6 Å². The molecule has 0 aliphatic rings. The molecule has 0 spiro atoms. The lowest BCUT2D eigenvalue weighted by Crippen LogP contribution is -1.89. The van der Waals surface area contributed by atoms with E-state index in [9.17, 15) is 10.5 Å². The lowest BCUT2D eigenvalue weighted by atomic mass is 10.2. The zero-order chi connectivity index (χ0) is 18.8. The lowest BCUT2D eigenvalue weighted by Gasteiger charge is -1.99. The molecule has 0 amide bonds. The van der Waals surface area contributed by atoms with Crippen molar-refractivity contribution in [2.75, 3.05) is 14.2 Å². The van der Waals surface area contributed by atoms with Crippen molar-refractivity contribution in [1.82, 2.24) is 0 Å². The van der Waals surface area contributed by atoms with Gasteiger partial charge in [-0.2, -0.15) is 10.5 Å². The molecule has 0 saturated carbocycles. The van der Waals surface area contributed by atoms with Crippen LogP contribution in [0.3, 0.4) is 0 Å². The highest BCUT2D eigenvalue weighted by atomic mass is 16.5. The summed E-state index contributed by atoms with van der Waals surface area (Å²) in [5, 5.41) is 18.5. The van der Waals surface area contributed by atoms with E-state index < -0.39 is 0 Å². The fourth-order valence-electron chi connectivity index (χ4n) is 1.94. The molecule has 26 heavy (non-hydrogen) atoms. The molecule has 0 unspecified atom stereocenters.